The third kappa shape index (κ3) is 4.37. The topological polar surface area (TPSA) is 84.7 Å². The largest absolute Gasteiger partial charge is 0.375 e. The molecule has 0 aliphatic carbocycles. The van der Waals surface area contributed by atoms with E-state index in [0.717, 1.165) is 12.8 Å². The van der Waals surface area contributed by atoms with E-state index in [1.807, 2.05) is 11.9 Å². The van der Waals surface area contributed by atoms with Crippen LogP contribution in [0, 0.1) is 11.8 Å². The summed E-state index contributed by atoms with van der Waals surface area (Å²) in [5, 5.41) is 0. The number of amides is 2. The molecule has 1 atom stereocenters. The highest BCUT2D eigenvalue weighted by Crippen LogP contribution is 2.25. The van der Waals surface area contributed by atoms with E-state index in [2.05, 4.69) is 4.98 Å². The lowest BCUT2D eigenvalue weighted by molar-refractivity contribution is -0.143. The first-order valence-electron chi connectivity index (χ1n) is 9.58. The van der Waals surface area contributed by atoms with Crippen LogP contribution < -0.4 is 0 Å². The third-order valence-corrected chi connectivity index (χ3v) is 5.61. The summed E-state index contributed by atoms with van der Waals surface area (Å²) in [7, 11) is 3.32. The predicted octanol–water partition coefficient (Wildman–Crippen LogP) is 0.726. The number of hydrogen-bond donors (Lipinski definition) is 0. The number of piperidine rings is 2. The fourth-order valence-electron chi connectivity index (χ4n) is 4.03. The van der Waals surface area contributed by atoms with Gasteiger partial charge in [-0.15, -0.1) is 0 Å². The van der Waals surface area contributed by atoms with E-state index in [1.165, 1.54) is 7.11 Å². The molecule has 1 aromatic heterocycles. The first kappa shape index (κ1) is 19.5. The van der Waals surface area contributed by atoms with Crippen LogP contribution in [-0.4, -0.2) is 76.8 Å². The smallest absolute Gasteiger partial charge is 0.248 e. The van der Waals surface area contributed by atoms with Crippen molar-refractivity contribution in [2.45, 2.75) is 25.7 Å². The number of likely N-dealkylation sites (tertiary alicyclic amines) is 2. The molecule has 2 saturated heterocycles. The fraction of sp³-hybridized carbons (Fsp3) is 0.684. The zero-order valence-electron chi connectivity index (χ0n) is 16.1. The van der Waals surface area contributed by atoms with Crippen molar-refractivity contribution in [2.75, 3.05) is 39.9 Å². The molecule has 8 nitrogen and oxygen atoms in total. The number of aromatic nitrogens is 2. The van der Waals surface area contributed by atoms with Gasteiger partial charge < -0.3 is 19.1 Å². The average molecular weight is 376 g/mol. The van der Waals surface area contributed by atoms with Crippen molar-refractivity contribution in [3.63, 3.8) is 0 Å². The lowest BCUT2D eigenvalue weighted by Crippen LogP contribution is -2.48. The summed E-state index contributed by atoms with van der Waals surface area (Å²) in [4.78, 5) is 45.3. The molecule has 0 spiro atoms. The van der Waals surface area contributed by atoms with Gasteiger partial charge in [0, 0.05) is 64.6 Å². The number of ether oxygens (including phenoxy) is 1. The number of hydrogen-bond acceptors (Lipinski definition) is 5. The van der Waals surface area contributed by atoms with Crippen molar-refractivity contribution in [3.05, 3.63) is 18.2 Å². The Balaban J connectivity index is 1.55. The normalized spacial score (nSPS) is 21.3. The van der Waals surface area contributed by atoms with E-state index in [9.17, 15) is 14.4 Å². The Labute approximate surface area is 159 Å². The Hall–Kier alpha value is -2.22. The van der Waals surface area contributed by atoms with Gasteiger partial charge in [-0.2, -0.15) is 0 Å². The van der Waals surface area contributed by atoms with E-state index < -0.39 is 0 Å². The van der Waals surface area contributed by atoms with Gasteiger partial charge in [-0.05, 0) is 25.7 Å². The summed E-state index contributed by atoms with van der Waals surface area (Å²) in [5.41, 5.74) is 0. The van der Waals surface area contributed by atoms with Gasteiger partial charge >= 0.3 is 0 Å². The number of carbonyl (C=O) groups excluding carboxylic acids is 3. The van der Waals surface area contributed by atoms with Crippen LogP contribution in [0.15, 0.2) is 12.4 Å². The van der Waals surface area contributed by atoms with Gasteiger partial charge in [-0.25, -0.2) is 4.98 Å². The Kier molecular flexibility index (Phi) is 6.26. The monoisotopic (exact) mass is 376 g/mol. The summed E-state index contributed by atoms with van der Waals surface area (Å²) in [6.45, 7) is 2.42. The average Bonchev–Trinajstić information content (AvgIpc) is 3.13. The first-order valence-corrected chi connectivity index (χ1v) is 9.58. The minimum atomic E-state index is -0.188. The number of methoxy groups -OCH3 is 1. The minimum Gasteiger partial charge on any atom is -0.375 e. The third-order valence-electron chi connectivity index (χ3n) is 5.61. The standard InChI is InChI=1S/C19H28N4O4/c1-21-11-7-20-18(21)17(25)15-4-3-8-23(12-15)19(26)14-5-9-22(10-6-14)16(24)13-27-2/h7,11,14-15H,3-6,8-10,12-13H2,1-2H3/t15-/m1/s1. The minimum absolute atomic E-state index is 0.0139. The zero-order valence-corrected chi connectivity index (χ0v) is 16.1. The van der Waals surface area contributed by atoms with E-state index >= 15 is 0 Å². The van der Waals surface area contributed by atoms with Crippen LogP contribution in [0.1, 0.15) is 36.3 Å². The van der Waals surface area contributed by atoms with E-state index in [0.29, 0.717) is 44.8 Å². The summed E-state index contributed by atoms with van der Waals surface area (Å²) < 4.78 is 6.63. The molecular weight excluding hydrogens is 348 g/mol. The number of Topliss-reactive ketones (excluding diaryl/α,β-unsaturated/α-hetero) is 1. The number of aryl methyl sites for hydroxylation is 1. The summed E-state index contributed by atoms with van der Waals surface area (Å²) in [6, 6.07) is 0. The van der Waals surface area contributed by atoms with Gasteiger partial charge in [0.1, 0.15) is 6.61 Å². The molecule has 148 valence electrons. The van der Waals surface area contributed by atoms with Gasteiger partial charge in [-0.1, -0.05) is 0 Å². The number of carbonyl (C=O) groups is 3. The molecule has 2 amide bonds. The number of nitrogens with zero attached hydrogens (tertiary/aromatic N) is 4. The Morgan fingerprint density at radius 1 is 1.11 bits per heavy atom. The zero-order chi connectivity index (χ0) is 19.4. The lowest BCUT2D eigenvalue weighted by Gasteiger charge is -2.37. The van der Waals surface area contributed by atoms with E-state index in [-0.39, 0.29) is 36.0 Å². The number of imidazole rings is 1. The molecule has 1 aromatic rings. The quantitative estimate of drug-likeness (QED) is 0.707. The molecule has 0 bridgehead atoms. The van der Waals surface area contributed by atoms with Gasteiger partial charge in [0.25, 0.3) is 0 Å². The van der Waals surface area contributed by atoms with Crippen molar-refractivity contribution < 1.29 is 19.1 Å². The van der Waals surface area contributed by atoms with Crippen molar-refractivity contribution in [3.8, 4) is 0 Å². The van der Waals surface area contributed by atoms with Crippen LogP contribution in [0.2, 0.25) is 0 Å². The molecular formula is C19H28N4O4. The fourth-order valence-corrected chi connectivity index (χ4v) is 4.03. The molecule has 3 heterocycles. The molecule has 8 heteroatoms. The molecule has 27 heavy (non-hydrogen) atoms. The van der Waals surface area contributed by atoms with Crippen molar-refractivity contribution in [1.82, 2.24) is 19.4 Å². The summed E-state index contributed by atoms with van der Waals surface area (Å²) in [6.07, 6.45) is 6.35. The van der Waals surface area contributed by atoms with Crippen LogP contribution >= 0.6 is 0 Å². The van der Waals surface area contributed by atoms with Gasteiger partial charge in [0.2, 0.25) is 17.6 Å². The molecule has 2 aliphatic heterocycles. The van der Waals surface area contributed by atoms with Crippen molar-refractivity contribution >= 4 is 17.6 Å². The van der Waals surface area contributed by atoms with E-state index in [4.69, 9.17) is 4.74 Å². The second-order valence-corrected chi connectivity index (χ2v) is 7.44. The molecule has 0 aromatic carbocycles. The van der Waals surface area contributed by atoms with Crippen LogP contribution in [-0.2, 0) is 21.4 Å². The highest BCUT2D eigenvalue weighted by Gasteiger charge is 2.35. The summed E-state index contributed by atoms with van der Waals surface area (Å²) in [5.74, 6) is 0.304. The van der Waals surface area contributed by atoms with Crippen LogP contribution in [0.5, 0.6) is 0 Å². The highest BCUT2D eigenvalue weighted by molar-refractivity contribution is 5.95. The maximum Gasteiger partial charge on any atom is 0.248 e. The predicted molar refractivity (Wildman–Crippen MR) is 98.0 cm³/mol. The highest BCUT2D eigenvalue weighted by atomic mass is 16.5. The molecule has 0 radical (unpaired) electrons. The maximum absolute atomic E-state index is 12.9. The van der Waals surface area contributed by atoms with Crippen molar-refractivity contribution in [2.24, 2.45) is 18.9 Å². The Morgan fingerprint density at radius 2 is 1.85 bits per heavy atom. The van der Waals surface area contributed by atoms with Gasteiger partial charge in [0.15, 0.2) is 5.82 Å². The molecule has 0 saturated carbocycles. The molecule has 3 rings (SSSR count). The Morgan fingerprint density at radius 3 is 2.48 bits per heavy atom. The molecule has 0 unspecified atom stereocenters. The van der Waals surface area contributed by atoms with Crippen LogP contribution in [0.3, 0.4) is 0 Å². The first-order chi connectivity index (χ1) is 13.0. The second-order valence-electron chi connectivity index (χ2n) is 7.44. The summed E-state index contributed by atoms with van der Waals surface area (Å²) >= 11 is 0. The van der Waals surface area contributed by atoms with Gasteiger partial charge in [0.05, 0.1) is 0 Å². The lowest BCUT2D eigenvalue weighted by atomic mass is 9.90. The molecule has 2 aliphatic rings. The van der Waals surface area contributed by atoms with Crippen LogP contribution in [0.25, 0.3) is 0 Å². The molecule has 2 fully saturated rings. The Bertz CT molecular complexity index is 694. The second kappa shape index (κ2) is 8.65. The van der Waals surface area contributed by atoms with Gasteiger partial charge in [-0.3, -0.25) is 14.4 Å². The van der Waals surface area contributed by atoms with Crippen LogP contribution in [0.4, 0.5) is 0 Å². The molecule has 0 N–H and O–H groups in total. The van der Waals surface area contributed by atoms with E-state index in [1.54, 1.807) is 21.9 Å². The SMILES string of the molecule is COCC(=O)N1CCC(C(=O)N2CCC[C@@H](C(=O)c3nccn3C)C2)CC1. The van der Waals surface area contributed by atoms with Crippen molar-refractivity contribution in [1.29, 1.82) is 0 Å². The maximum atomic E-state index is 12.9. The number of ketones is 1. The number of rotatable bonds is 5.